The van der Waals surface area contributed by atoms with Crippen LogP contribution in [-0.2, 0) is 6.54 Å². The van der Waals surface area contributed by atoms with Crippen molar-refractivity contribution < 1.29 is 0 Å². The number of hydrogen-bond acceptors (Lipinski definition) is 4. The van der Waals surface area contributed by atoms with Gasteiger partial charge in [0.2, 0.25) is 0 Å². The molecule has 2 heterocycles. The van der Waals surface area contributed by atoms with E-state index < -0.39 is 0 Å². The number of aryl methyl sites for hydroxylation is 1. The number of hydrogen-bond donors (Lipinski definition) is 0. The van der Waals surface area contributed by atoms with Crippen LogP contribution < -0.4 is 9.80 Å². The highest BCUT2D eigenvalue weighted by Crippen LogP contribution is 2.42. The number of anilines is 4. The van der Waals surface area contributed by atoms with Gasteiger partial charge >= 0.3 is 0 Å². The van der Waals surface area contributed by atoms with Gasteiger partial charge in [0.1, 0.15) is 0 Å². The molecule has 2 aromatic carbocycles. The van der Waals surface area contributed by atoms with Gasteiger partial charge in [-0.2, -0.15) is 0 Å². The molecule has 0 amide bonds. The highest BCUT2D eigenvalue weighted by atomic mass is 15.3. The van der Waals surface area contributed by atoms with Crippen LogP contribution in [0.2, 0.25) is 0 Å². The summed E-state index contributed by atoms with van der Waals surface area (Å²) in [6.45, 7) is 5.00. The molecule has 0 N–H and O–H groups in total. The maximum Gasteiger partial charge on any atom is 0.157 e. The number of benzene rings is 2. The SMILES string of the molecule is Cc1ccc2c(c1)N(CCCN(C)C)c1ncccc1N(c1ccccc1)C2. The van der Waals surface area contributed by atoms with Gasteiger partial charge in [0.15, 0.2) is 5.82 Å². The third-order valence-corrected chi connectivity index (χ3v) is 5.23. The first-order valence-corrected chi connectivity index (χ1v) is 9.93. The first-order chi connectivity index (χ1) is 13.6. The minimum Gasteiger partial charge on any atom is -0.334 e. The minimum atomic E-state index is 0.836. The van der Waals surface area contributed by atoms with E-state index in [0.29, 0.717) is 0 Å². The molecule has 0 radical (unpaired) electrons. The Hall–Kier alpha value is -2.85. The zero-order chi connectivity index (χ0) is 19.5. The molecule has 0 fully saturated rings. The Bertz CT molecular complexity index is 936. The summed E-state index contributed by atoms with van der Waals surface area (Å²) in [7, 11) is 4.26. The Morgan fingerprint density at radius 3 is 2.57 bits per heavy atom. The largest absolute Gasteiger partial charge is 0.334 e. The molecule has 4 rings (SSSR count). The molecule has 4 heteroatoms. The van der Waals surface area contributed by atoms with Gasteiger partial charge in [0, 0.05) is 24.1 Å². The predicted molar refractivity (Wildman–Crippen MR) is 118 cm³/mol. The lowest BCUT2D eigenvalue weighted by Gasteiger charge is -2.27. The molecule has 0 unspecified atom stereocenters. The van der Waals surface area contributed by atoms with Crippen LogP contribution in [0.5, 0.6) is 0 Å². The molecular formula is C24H28N4. The molecule has 1 aliphatic heterocycles. The third-order valence-electron chi connectivity index (χ3n) is 5.23. The first-order valence-electron chi connectivity index (χ1n) is 9.93. The van der Waals surface area contributed by atoms with E-state index in [-0.39, 0.29) is 0 Å². The van der Waals surface area contributed by atoms with Crippen LogP contribution in [0.3, 0.4) is 0 Å². The van der Waals surface area contributed by atoms with Gasteiger partial charge < -0.3 is 14.7 Å². The lowest BCUT2D eigenvalue weighted by Crippen LogP contribution is -2.24. The van der Waals surface area contributed by atoms with Crippen molar-refractivity contribution in [1.29, 1.82) is 0 Å². The second kappa shape index (κ2) is 8.03. The van der Waals surface area contributed by atoms with Crippen molar-refractivity contribution in [3.63, 3.8) is 0 Å². The van der Waals surface area contributed by atoms with E-state index in [2.05, 4.69) is 90.3 Å². The number of nitrogens with zero attached hydrogens (tertiary/aromatic N) is 4. The van der Waals surface area contributed by atoms with E-state index in [1.165, 1.54) is 22.5 Å². The van der Waals surface area contributed by atoms with Crippen LogP contribution in [0, 0.1) is 6.92 Å². The molecule has 1 aromatic heterocycles. The predicted octanol–water partition coefficient (Wildman–Crippen LogP) is 5.13. The van der Waals surface area contributed by atoms with Gasteiger partial charge in [-0.25, -0.2) is 4.98 Å². The fourth-order valence-corrected chi connectivity index (χ4v) is 3.85. The van der Waals surface area contributed by atoms with Gasteiger partial charge in [-0.1, -0.05) is 30.3 Å². The molecule has 144 valence electrons. The second-order valence-electron chi connectivity index (χ2n) is 7.71. The summed E-state index contributed by atoms with van der Waals surface area (Å²) in [5.74, 6) is 1.04. The Balaban J connectivity index is 1.83. The molecule has 3 aromatic rings. The molecule has 28 heavy (non-hydrogen) atoms. The van der Waals surface area contributed by atoms with Crippen LogP contribution in [0.25, 0.3) is 0 Å². The van der Waals surface area contributed by atoms with E-state index in [9.17, 15) is 0 Å². The van der Waals surface area contributed by atoms with E-state index in [4.69, 9.17) is 4.98 Å². The molecule has 0 spiro atoms. The third kappa shape index (κ3) is 3.73. The first kappa shape index (κ1) is 18.5. The molecule has 0 bridgehead atoms. The molecule has 1 aliphatic rings. The average Bonchev–Trinajstić information content (AvgIpc) is 2.84. The second-order valence-corrected chi connectivity index (χ2v) is 7.71. The lowest BCUT2D eigenvalue weighted by atomic mass is 10.1. The summed E-state index contributed by atoms with van der Waals surface area (Å²) in [6, 6.07) is 21.6. The van der Waals surface area contributed by atoms with Crippen LogP contribution in [-0.4, -0.2) is 37.1 Å². The van der Waals surface area contributed by atoms with E-state index in [1.54, 1.807) is 0 Å². The normalized spacial score (nSPS) is 13.3. The summed E-state index contributed by atoms with van der Waals surface area (Å²) in [6.07, 6.45) is 2.99. The Morgan fingerprint density at radius 1 is 0.964 bits per heavy atom. The minimum absolute atomic E-state index is 0.836. The van der Waals surface area contributed by atoms with Crippen molar-refractivity contribution in [3.05, 3.63) is 78.0 Å². The van der Waals surface area contributed by atoms with Gasteiger partial charge in [-0.3, -0.25) is 0 Å². The van der Waals surface area contributed by atoms with Gasteiger partial charge in [-0.05, 0) is 75.4 Å². The van der Waals surface area contributed by atoms with Crippen molar-refractivity contribution in [2.75, 3.05) is 37.0 Å². The van der Waals surface area contributed by atoms with Crippen LogP contribution in [0.1, 0.15) is 17.5 Å². The molecular weight excluding hydrogens is 344 g/mol. The lowest BCUT2D eigenvalue weighted by molar-refractivity contribution is 0.402. The standard InChI is InChI=1S/C24H28N4/c1-19-12-13-20-18-28(21-9-5-4-6-10-21)22-11-7-14-25-24(22)27(23(20)17-19)16-8-15-26(2)3/h4-7,9-14,17H,8,15-16,18H2,1-3H3. The van der Waals surface area contributed by atoms with Gasteiger partial charge in [0.25, 0.3) is 0 Å². The fourth-order valence-electron chi connectivity index (χ4n) is 3.85. The Labute approximate surface area is 168 Å². The molecule has 0 saturated heterocycles. The van der Waals surface area contributed by atoms with Crippen molar-refractivity contribution in [3.8, 4) is 0 Å². The average molecular weight is 373 g/mol. The van der Waals surface area contributed by atoms with Gasteiger partial charge in [-0.15, -0.1) is 0 Å². The van der Waals surface area contributed by atoms with Crippen molar-refractivity contribution >= 4 is 22.9 Å². The molecule has 0 aliphatic carbocycles. The highest BCUT2D eigenvalue weighted by molar-refractivity contribution is 5.82. The van der Waals surface area contributed by atoms with Crippen molar-refractivity contribution in [1.82, 2.24) is 9.88 Å². The molecule has 4 nitrogen and oxygen atoms in total. The van der Waals surface area contributed by atoms with Crippen LogP contribution in [0.4, 0.5) is 22.9 Å². The number of pyridine rings is 1. The summed E-state index contributed by atoms with van der Waals surface area (Å²) in [5, 5.41) is 0. The highest BCUT2D eigenvalue weighted by Gasteiger charge is 2.26. The van der Waals surface area contributed by atoms with Gasteiger partial charge in [0.05, 0.1) is 12.2 Å². The summed E-state index contributed by atoms with van der Waals surface area (Å²) < 4.78 is 0. The smallest absolute Gasteiger partial charge is 0.157 e. The number of para-hydroxylation sites is 1. The topological polar surface area (TPSA) is 22.6 Å². The fraction of sp³-hybridized carbons (Fsp3) is 0.292. The summed E-state index contributed by atoms with van der Waals surface area (Å²) in [5.41, 5.74) is 6.24. The van der Waals surface area contributed by atoms with Crippen molar-refractivity contribution in [2.45, 2.75) is 19.9 Å². The molecule has 0 atom stereocenters. The maximum atomic E-state index is 4.83. The maximum absolute atomic E-state index is 4.83. The monoisotopic (exact) mass is 372 g/mol. The zero-order valence-electron chi connectivity index (χ0n) is 17.0. The number of fused-ring (bicyclic) bond motifs is 2. The Morgan fingerprint density at radius 2 is 1.79 bits per heavy atom. The summed E-state index contributed by atoms with van der Waals surface area (Å²) in [4.78, 5) is 11.9. The number of rotatable bonds is 5. The van der Waals surface area contributed by atoms with E-state index in [1.807, 2.05) is 12.3 Å². The van der Waals surface area contributed by atoms with Crippen molar-refractivity contribution in [2.24, 2.45) is 0 Å². The molecule has 0 saturated carbocycles. The van der Waals surface area contributed by atoms with Crippen LogP contribution in [0.15, 0.2) is 66.9 Å². The quantitative estimate of drug-likeness (QED) is 0.619. The number of aromatic nitrogens is 1. The van der Waals surface area contributed by atoms with E-state index in [0.717, 1.165) is 37.6 Å². The Kier molecular flexibility index (Phi) is 5.31. The van der Waals surface area contributed by atoms with E-state index >= 15 is 0 Å². The van der Waals surface area contributed by atoms with Crippen LogP contribution >= 0.6 is 0 Å². The zero-order valence-corrected chi connectivity index (χ0v) is 17.0. The summed E-state index contributed by atoms with van der Waals surface area (Å²) >= 11 is 0.